The molecule has 1 saturated carbocycles. The third-order valence-electron chi connectivity index (χ3n) is 5.23. The molecule has 4 rings (SSSR count). The van der Waals surface area contributed by atoms with Gasteiger partial charge in [-0.05, 0) is 74.4 Å². The van der Waals surface area contributed by atoms with Crippen molar-refractivity contribution in [2.75, 3.05) is 7.11 Å². The molecule has 0 saturated heterocycles. The number of fused-ring (bicyclic) bond motifs is 1. The molecule has 0 spiro atoms. The van der Waals surface area contributed by atoms with E-state index in [0.29, 0.717) is 6.42 Å². The maximum absolute atomic E-state index is 11.3. The fraction of sp³-hybridized carbons (Fsp3) is 0.368. The lowest BCUT2D eigenvalue weighted by Crippen LogP contribution is -2.40. The van der Waals surface area contributed by atoms with Gasteiger partial charge in [-0.2, -0.15) is 0 Å². The minimum atomic E-state index is -0.709. The van der Waals surface area contributed by atoms with Crippen molar-refractivity contribution in [3.8, 4) is 5.75 Å². The van der Waals surface area contributed by atoms with E-state index in [9.17, 15) is 9.90 Å². The molecule has 2 heterocycles. The molecule has 0 aromatic heterocycles. The van der Waals surface area contributed by atoms with E-state index in [0.717, 1.165) is 32.5 Å². The second-order valence-corrected chi connectivity index (χ2v) is 8.57. The highest BCUT2D eigenvalue weighted by molar-refractivity contribution is 9.12. The van der Waals surface area contributed by atoms with Gasteiger partial charge in [-0.15, -0.1) is 0 Å². The Bertz CT molecular complexity index is 832. The lowest BCUT2D eigenvalue weighted by atomic mass is 9.92. The first-order valence-corrected chi connectivity index (χ1v) is 10.0. The number of rotatable bonds is 4. The van der Waals surface area contributed by atoms with Crippen molar-refractivity contribution in [1.82, 2.24) is 4.90 Å². The number of carboxylic acid groups (broad SMARTS) is 1. The van der Waals surface area contributed by atoms with Crippen LogP contribution < -0.4 is 4.74 Å². The fourth-order valence-electron chi connectivity index (χ4n) is 3.78. The number of aliphatic carboxylic acids is 1. The number of carbonyl (C=O) groups is 1. The largest absolute Gasteiger partial charge is 0.497 e. The smallest absolute Gasteiger partial charge is 0.306 e. The number of halogens is 2. The first-order chi connectivity index (χ1) is 12.5. The van der Waals surface area contributed by atoms with Crippen LogP contribution >= 0.6 is 31.9 Å². The summed E-state index contributed by atoms with van der Waals surface area (Å²) in [6, 6.07) is 8.17. The molecule has 0 amide bonds. The highest BCUT2D eigenvalue weighted by atomic mass is 79.9. The lowest BCUT2D eigenvalue weighted by molar-refractivity contribution is -0.138. The summed E-state index contributed by atoms with van der Waals surface area (Å²) >= 11 is 7.17. The fourth-order valence-corrected chi connectivity index (χ4v) is 5.09. The van der Waals surface area contributed by atoms with Gasteiger partial charge in [0.15, 0.2) is 0 Å². The first-order valence-electron chi connectivity index (χ1n) is 8.45. The Labute approximate surface area is 168 Å². The molecule has 1 N–H and O–H groups in total. The molecule has 26 heavy (non-hydrogen) atoms. The molecule has 136 valence electrons. The van der Waals surface area contributed by atoms with Crippen molar-refractivity contribution in [2.24, 2.45) is 16.8 Å². The Hall–Kier alpha value is -1.60. The zero-order chi connectivity index (χ0) is 18.4. The Morgan fingerprint density at radius 2 is 2.00 bits per heavy atom. The van der Waals surface area contributed by atoms with Gasteiger partial charge in [0.2, 0.25) is 0 Å². The molecule has 1 aliphatic carbocycles. The predicted octanol–water partition coefficient (Wildman–Crippen LogP) is 4.46. The van der Waals surface area contributed by atoms with Gasteiger partial charge in [-0.3, -0.25) is 9.79 Å². The summed E-state index contributed by atoms with van der Waals surface area (Å²) in [6.07, 6.45) is 5.52. The molecule has 1 aromatic carbocycles. The van der Waals surface area contributed by atoms with Gasteiger partial charge in [0.1, 0.15) is 11.6 Å². The zero-order valence-electron chi connectivity index (χ0n) is 14.1. The Morgan fingerprint density at radius 3 is 2.62 bits per heavy atom. The van der Waals surface area contributed by atoms with Crippen LogP contribution in [0.5, 0.6) is 5.75 Å². The van der Waals surface area contributed by atoms with E-state index in [2.05, 4.69) is 48.9 Å². The average molecular weight is 482 g/mol. The number of allylic oxidation sites excluding steroid dienone is 2. The van der Waals surface area contributed by atoms with Crippen LogP contribution in [-0.2, 0) is 4.79 Å². The Morgan fingerprint density at radius 1 is 1.27 bits per heavy atom. The monoisotopic (exact) mass is 480 g/mol. The van der Waals surface area contributed by atoms with Crippen LogP contribution in [0.15, 0.2) is 50.5 Å². The van der Waals surface area contributed by atoms with E-state index >= 15 is 0 Å². The molecule has 4 atom stereocenters. The predicted molar refractivity (Wildman–Crippen MR) is 107 cm³/mol. The van der Waals surface area contributed by atoms with Crippen molar-refractivity contribution >= 4 is 43.7 Å². The van der Waals surface area contributed by atoms with E-state index in [1.807, 2.05) is 24.4 Å². The van der Waals surface area contributed by atoms with Crippen LogP contribution in [0.1, 0.15) is 24.4 Å². The van der Waals surface area contributed by atoms with Gasteiger partial charge in [0, 0.05) is 10.7 Å². The molecule has 1 fully saturated rings. The summed E-state index contributed by atoms with van der Waals surface area (Å²) in [5.41, 5.74) is 1.16. The van der Waals surface area contributed by atoms with Crippen molar-refractivity contribution < 1.29 is 14.6 Å². The van der Waals surface area contributed by atoms with Gasteiger partial charge in [0.25, 0.3) is 0 Å². The molecule has 2 aliphatic heterocycles. The third-order valence-corrected chi connectivity index (χ3v) is 6.24. The third kappa shape index (κ3) is 3.22. The molecule has 1 aromatic rings. The van der Waals surface area contributed by atoms with Crippen molar-refractivity contribution in [1.29, 1.82) is 0 Å². The van der Waals surface area contributed by atoms with Crippen molar-refractivity contribution in [3.05, 3.63) is 51.1 Å². The van der Waals surface area contributed by atoms with E-state index in [4.69, 9.17) is 9.73 Å². The molecule has 3 aliphatic rings. The molecule has 7 heteroatoms. The molecule has 0 radical (unpaired) electrons. The number of hydrogen-bond acceptors (Lipinski definition) is 4. The van der Waals surface area contributed by atoms with E-state index in [-0.39, 0.29) is 23.9 Å². The highest BCUT2D eigenvalue weighted by Gasteiger charge is 2.50. The van der Waals surface area contributed by atoms with Gasteiger partial charge < -0.3 is 14.7 Å². The zero-order valence-corrected chi connectivity index (χ0v) is 17.3. The first kappa shape index (κ1) is 17.8. The van der Waals surface area contributed by atoms with Crippen LogP contribution in [0.25, 0.3) is 0 Å². The molecular formula is C19H18Br2N2O3. The van der Waals surface area contributed by atoms with E-state index in [1.165, 1.54) is 0 Å². The number of aliphatic imine (C=N–C) groups is 1. The summed E-state index contributed by atoms with van der Waals surface area (Å²) in [5, 5.41) is 9.30. The molecule has 5 nitrogen and oxygen atoms in total. The quantitative estimate of drug-likeness (QED) is 0.689. The van der Waals surface area contributed by atoms with Crippen LogP contribution in [0.2, 0.25) is 0 Å². The van der Waals surface area contributed by atoms with Crippen LogP contribution in [0.4, 0.5) is 0 Å². The summed E-state index contributed by atoms with van der Waals surface area (Å²) in [4.78, 5) is 18.4. The van der Waals surface area contributed by atoms with Gasteiger partial charge in [-0.1, -0.05) is 12.1 Å². The van der Waals surface area contributed by atoms with Gasteiger partial charge in [0.05, 0.1) is 29.6 Å². The molecular weight excluding hydrogens is 464 g/mol. The Balaban J connectivity index is 1.69. The summed E-state index contributed by atoms with van der Waals surface area (Å²) in [6.45, 7) is 0. The standard InChI is InChI=1S/C19H18Br2N2O3/c1-26-12-4-2-10(3-5-12)17-8-16(13-7-14(13)19(24)25)22-18-15(21)6-11(20)9-23(17)18/h2-6,9,13-14,16-17H,7-8H2,1H3,(H,24,25). The number of methoxy groups -OCH3 is 1. The number of ether oxygens (including phenoxy) is 1. The number of carboxylic acids is 1. The number of hydrogen-bond donors (Lipinski definition) is 1. The normalized spacial score (nSPS) is 30.0. The minimum absolute atomic E-state index is 0.0145. The summed E-state index contributed by atoms with van der Waals surface area (Å²) in [5.74, 6) is 0.832. The van der Waals surface area contributed by atoms with Crippen molar-refractivity contribution in [2.45, 2.75) is 24.9 Å². The van der Waals surface area contributed by atoms with Crippen LogP contribution in [0.3, 0.4) is 0 Å². The van der Waals surface area contributed by atoms with Gasteiger partial charge >= 0.3 is 5.97 Å². The van der Waals surface area contributed by atoms with E-state index < -0.39 is 5.97 Å². The SMILES string of the molecule is COc1ccc(C2CC(C3CC3C(=O)O)N=C3C(Br)=CC(Br)=CN32)cc1. The second-order valence-electron chi connectivity index (χ2n) is 6.80. The maximum atomic E-state index is 11.3. The second kappa shape index (κ2) is 6.85. The number of benzene rings is 1. The average Bonchev–Trinajstić information content (AvgIpc) is 3.42. The van der Waals surface area contributed by atoms with Crippen molar-refractivity contribution in [3.63, 3.8) is 0 Å². The summed E-state index contributed by atoms with van der Waals surface area (Å²) in [7, 11) is 1.65. The Kier molecular flexibility index (Phi) is 4.69. The summed E-state index contributed by atoms with van der Waals surface area (Å²) < 4.78 is 7.14. The van der Waals surface area contributed by atoms with Gasteiger partial charge in [-0.25, -0.2) is 0 Å². The topological polar surface area (TPSA) is 62.1 Å². The number of amidine groups is 1. The molecule has 4 unspecified atom stereocenters. The number of nitrogens with zero attached hydrogens (tertiary/aromatic N) is 2. The maximum Gasteiger partial charge on any atom is 0.306 e. The van der Waals surface area contributed by atoms with Crippen LogP contribution in [0, 0.1) is 11.8 Å². The van der Waals surface area contributed by atoms with E-state index in [1.54, 1.807) is 7.11 Å². The lowest BCUT2D eigenvalue weighted by Gasteiger charge is -2.40. The molecule has 0 bridgehead atoms. The van der Waals surface area contributed by atoms with Crippen LogP contribution in [-0.4, -0.2) is 35.0 Å². The minimum Gasteiger partial charge on any atom is -0.497 e. The highest BCUT2D eigenvalue weighted by Crippen LogP contribution is 2.49.